The van der Waals surface area contributed by atoms with Crippen LogP contribution >= 0.6 is 0 Å². The number of fused-ring (bicyclic) bond motifs is 5. The summed E-state index contributed by atoms with van der Waals surface area (Å²) in [5.74, 6) is 0. The van der Waals surface area contributed by atoms with Gasteiger partial charge >= 0.3 is 0 Å². The molecule has 9 aromatic rings. The lowest BCUT2D eigenvalue weighted by molar-refractivity contribution is 1.28. The summed E-state index contributed by atoms with van der Waals surface area (Å²) in [6.07, 6.45) is 5.45. The Morgan fingerprint density at radius 1 is 0.348 bits per heavy atom. The average molecular weight is 588 g/mol. The lowest BCUT2D eigenvalue weighted by Gasteiger charge is -2.11. The molecule has 0 radical (unpaired) electrons. The van der Waals surface area contributed by atoms with Gasteiger partial charge in [0, 0.05) is 45.7 Å². The molecular weight excluding hydrogens is 562 g/mol. The number of hydrogen-bond donors (Lipinski definition) is 0. The highest BCUT2D eigenvalue weighted by molar-refractivity contribution is 6.10. The van der Waals surface area contributed by atoms with Gasteiger partial charge in [-0.05, 0) is 82.9 Å². The van der Waals surface area contributed by atoms with Crippen molar-refractivity contribution in [3.8, 4) is 44.9 Å². The monoisotopic (exact) mass is 587 g/mol. The molecule has 0 bridgehead atoms. The SMILES string of the molecule is c1ccc(-c2ccc3ccc(-c4ccc5nc(-c6ccc(-c7cc8cccnc8c8ncccc78)cc6)ccc5c4)cc3n2)nc1. The lowest BCUT2D eigenvalue weighted by atomic mass is 9.96. The Balaban J connectivity index is 1.03. The van der Waals surface area contributed by atoms with Crippen LogP contribution in [0.2, 0.25) is 0 Å². The van der Waals surface area contributed by atoms with Crippen LogP contribution in [0, 0.1) is 0 Å². The molecule has 46 heavy (non-hydrogen) atoms. The molecule has 0 unspecified atom stereocenters. The Morgan fingerprint density at radius 3 is 1.93 bits per heavy atom. The van der Waals surface area contributed by atoms with Crippen LogP contribution < -0.4 is 0 Å². The van der Waals surface area contributed by atoms with Crippen molar-refractivity contribution in [3.63, 3.8) is 0 Å². The van der Waals surface area contributed by atoms with Crippen molar-refractivity contribution in [1.29, 1.82) is 0 Å². The fourth-order valence-corrected chi connectivity index (χ4v) is 6.26. The first-order valence-electron chi connectivity index (χ1n) is 15.2. The minimum Gasteiger partial charge on any atom is -0.255 e. The van der Waals surface area contributed by atoms with Gasteiger partial charge in [0.05, 0.1) is 39.1 Å². The summed E-state index contributed by atoms with van der Waals surface area (Å²) < 4.78 is 0. The van der Waals surface area contributed by atoms with Gasteiger partial charge in [-0.3, -0.25) is 15.0 Å². The third kappa shape index (κ3) is 4.54. The Hall–Kier alpha value is -6.33. The lowest BCUT2D eigenvalue weighted by Crippen LogP contribution is -1.90. The highest BCUT2D eigenvalue weighted by Gasteiger charge is 2.12. The Morgan fingerprint density at radius 2 is 1.04 bits per heavy atom. The maximum absolute atomic E-state index is 5.03. The molecule has 214 valence electrons. The van der Waals surface area contributed by atoms with Crippen LogP contribution in [0.1, 0.15) is 0 Å². The smallest absolute Gasteiger partial charge is 0.0970 e. The van der Waals surface area contributed by atoms with Crippen LogP contribution in [0.3, 0.4) is 0 Å². The molecule has 0 spiro atoms. The minimum atomic E-state index is 0.869. The first kappa shape index (κ1) is 26.1. The summed E-state index contributed by atoms with van der Waals surface area (Å²) in [6, 6.07) is 46.1. The van der Waals surface area contributed by atoms with Crippen molar-refractivity contribution in [2.45, 2.75) is 0 Å². The molecule has 0 aliphatic heterocycles. The first-order chi connectivity index (χ1) is 22.8. The van der Waals surface area contributed by atoms with E-state index in [1.54, 1.807) is 6.20 Å². The van der Waals surface area contributed by atoms with Crippen molar-refractivity contribution in [1.82, 2.24) is 24.9 Å². The van der Waals surface area contributed by atoms with Crippen LogP contribution in [-0.4, -0.2) is 24.9 Å². The largest absolute Gasteiger partial charge is 0.255 e. The number of aromatic nitrogens is 5. The highest BCUT2D eigenvalue weighted by atomic mass is 14.8. The molecule has 5 nitrogen and oxygen atoms in total. The van der Waals surface area contributed by atoms with Gasteiger partial charge in [-0.25, -0.2) is 9.97 Å². The first-order valence-corrected chi connectivity index (χ1v) is 15.2. The summed E-state index contributed by atoms with van der Waals surface area (Å²) in [7, 11) is 0. The maximum Gasteiger partial charge on any atom is 0.0970 e. The van der Waals surface area contributed by atoms with Gasteiger partial charge in [0.25, 0.3) is 0 Å². The highest BCUT2D eigenvalue weighted by Crippen LogP contribution is 2.34. The van der Waals surface area contributed by atoms with E-state index in [1.807, 2.05) is 48.8 Å². The molecule has 0 saturated carbocycles. The van der Waals surface area contributed by atoms with Gasteiger partial charge in [0.1, 0.15) is 0 Å². The van der Waals surface area contributed by atoms with Crippen molar-refractivity contribution < 1.29 is 0 Å². The number of nitrogens with zero attached hydrogens (tertiary/aromatic N) is 5. The van der Waals surface area contributed by atoms with E-state index >= 15 is 0 Å². The van der Waals surface area contributed by atoms with Gasteiger partial charge < -0.3 is 0 Å². The molecule has 4 aromatic carbocycles. The molecule has 9 rings (SSSR count). The van der Waals surface area contributed by atoms with E-state index in [-0.39, 0.29) is 0 Å². The third-order valence-electron chi connectivity index (χ3n) is 8.59. The Bertz CT molecular complexity index is 2580. The molecule has 0 amide bonds. The van der Waals surface area contributed by atoms with Crippen LogP contribution in [-0.2, 0) is 0 Å². The van der Waals surface area contributed by atoms with Crippen molar-refractivity contribution in [3.05, 3.63) is 152 Å². The zero-order valence-electron chi connectivity index (χ0n) is 24.7. The Kier molecular flexibility index (Phi) is 6.06. The molecule has 0 aliphatic rings. The van der Waals surface area contributed by atoms with Crippen LogP contribution in [0.15, 0.2) is 152 Å². The number of pyridine rings is 5. The van der Waals surface area contributed by atoms with E-state index in [0.717, 1.165) is 88.5 Å². The summed E-state index contributed by atoms with van der Waals surface area (Å²) in [6.45, 7) is 0. The molecule has 5 heteroatoms. The molecule has 0 aliphatic carbocycles. The zero-order chi connectivity index (χ0) is 30.5. The minimum absolute atomic E-state index is 0.869. The van der Waals surface area contributed by atoms with Gasteiger partial charge in [0.2, 0.25) is 0 Å². The second-order valence-electron chi connectivity index (χ2n) is 11.4. The molecule has 0 N–H and O–H groups in total. The molecule has 0 saturated heterocycles. The van der Waals surface area contributed by atoms with Crippen LogP contribution in [0.4, 0.5) is 0 Å². The number of rotatable bonds is 4. The fourth-order valence-electron chi connectivity index (χ4n) is 6.26. The summed E-state index contributed by atoms with van der Waals surface area (Å²) in [4.78, 5) is 23.7. The van der Waals surface area contributed by atoms with Gasteiger partial charge in [-0.1, -0.05) is 72.8 Å². The molecule has 0 fully saturated rings. The quantitative estimate of drug-likeness (QED) is 0.192. The maximum atomic E-state index is 5.03. The number of hydrogen-bond acceptors (Lipinski definition) is 5. The third-order valence-corrected chi connectivity index (χ3v) is 8.59. The molecule has 5 aromatic heterocycles. The van der Waals surface area contributed by atoms with Crippen molar-refractivity contribution in [2.24, 2.45) is 0 Å². The van der Waals surface area contributed by atoms with Gasteiger partial charge in [-0.15, -0.1) is 0 Å². The second kappa shape index (κ2) is 10.7. The predicted molar refractivity (Wildman–Crippen MR) is 187 cm³/mol. The van der Waals surface area contributed by atoms with E-state index in [2.05, 4.69) is 112 Å². The zero-order valence-corrected chi connectivity index (χ0v) is 24.7. The predicted octanol–water partition coefficient (Wildman–Crippen LogP) is 9.94. The summed E-state index contributed by atoms with van der Waals surface area (Å²) in [5.41, 5.74) is 12.0. The van der Waals surface area contributed by atoms with Crippen LogP contribution in [0.5, 0.6) is 0 Å². The standard InChI is InChI=1S/C41H25N5/c1-2-20-42-37(7-1)38-19-14-28-12-13-30(25-39(28)46-38)29-15-17-36-31(23-29)16-18-35(45-36)27-10-8-26(9-11-27)34-24-32-5-3-21-43-40(32)41-33(34)6-4-22-44-41/h1-25H. The van der Waals surface area contributed by atoms with E-state index in [4.69, 9.17) is 9.97 Å². The molecular formula is C41H25N5. The summed E-state index contributed by atoms with van der Waals surface area (Å²) >= 11 is 0. The summed E-state index contributed by atoms with van der Waals surface area (Å²) in [5, 5.41) is 4.37. The van der Waals surface area contributed by atoms with Crippen molar-refractivity contribution in [2.75, 3.05) is 0 Å². The van der Waals surface area contributed by atoms with Crippen molar-refractivity contribution >= 4 is 43.6 Å². The van der Waals surface area contributed by atoms with Crippen LogP contribution in [0.25, 0.3) is 88.5 Å². The van der Waals surface area contributed by atoms with Gasteiger partial charge in [-0.2, -0.15) is 0 Å². The fraction of sp³-hybridized carbons (Fsp3) is 0. The van der Waals surface area contributed by atoms with E-state index in [0.29, 0.717) is 0 Å². The average Bonchev–Trinajstić information content (AvgIpc) is 3.14. The topological polar surface area (TPSA) is 64.5 Å². The van der Waals surface area contributed by atoms with E-state index in [1.165, 1.54) is 0 Å². The number of benzene rings is 4. The van der Waals surface area contributed by atoms with Gasteiger partial charge in [0.15, 0.2) is 0 Å². The second-order valence-corrected chi connectivity index (χ2v) is 11.4. The van der Waals surface area contributed by atoms with E-state index < -0.39 is 0 Å². The van der Waals surface area contributed by atoms with E-state index in [9.17, 15) is 0 Å². The molecule has 5 heterocycles. The molecule has 0 atom stereocenters. The Labute approximate surface area is 264 Å². The normalized spacial score (nSPS) is 11.5.